The Morgan fingerprint density at radius 2 is 1.85 bits per heavy atom. The number of nitrogens with zero attached hydrogens (tertiary/aromatic N) is 2. The molecule has 0 bridgehead atoms. The summed E-state index contributed by atoms with van der Waals surface area (Å²) < 4.78 is 10.6. The lowest BCUT2D eigenvalue weighted by Crippen LogP contribution is -2.29. The second kappa shape index (κ2) is 9.64. The van der Waals surface area contributed by atoms with Crippen LogP contribution in [0.25, 0.3) is 5.76 Å². The Balaban J connectivity index is 1.68. The van der Waals surface area contributed by atoms with E-state index in [0.29, 0.717) is 23.2 Å². The van der Waals surface area contributed by atoms with Crippen LogP contribution in [0.4, 0.5) is 5.13 Å². The van der Waals surface area contributed by atoms with Gasteiger partial charge in [0, 0.05) is 12.0 Å². The van der Waals surface area contributed by atoms with Gasteiger partial charge in [-0.2, -0.15) is 0 Å². The summed E-state index contributed by atoms with van der Waals surface area (Å²) in [7, 11) is 1.27. The standard InChI is InChI=1S/C30H30N2O6S/c1-15-13-19-14-18(9-12-21(19)38-15)24(33)22-23(17-7-10-20(11-8-17)30(3,4)5)32(27(35)25(22)34)29-31-16(2)26(39-29)28(36)37-6/h7-12,14-15,23,33H,13H2,1-6H3. The van der Waals surface area contributed by atoms with Gasteiger partial charge in [0.1, 0.15) is 22.5 Å². The van der Waals surface area contributed by atoms with E-state index in [-0.39, 0.29) is 32.9 Å². The molecular weight excluding hydrogens is 516 g/mol. The molecule has 0 radical (unpaired) electrons. The summed E-state index contributed by atoms with van der Waals surface area (Å²) in [6.07, 6.45) is 0.693. The van der Waals surface area contributed by atoms with Crippen LogP contribution < -0.4 is 9.64 Å². The fraction of sp³-hybridized carbons (Fsp3) is 0.333. The van der Waals surface area contributed by atoms with Crippen LogP contribution in [-0.2, 0) is 26.2 Å². The van der Waals surface area contributed by atoms with Crippen LogP contribution in [0, 0.1) is 6.92 Å². The molecule has 3 aromatic rings. The van der Waals surface area contributed by atoms with Crippen LogP contribution >= 0.6 is 11.3 Å². The van der Waals surface area contributed by atoms with Crippen molar-refractivity contribution >= 4 is 39.9 Å². The lowest BCUT2D eigenvalue weighted by Gasteiger charge is -2.25. The Bertz CT molecular complexity index is 1530. The Labute approximate surface area is 230 Å². The maximum absolute atomic E-state index is 13.5. The van der Waals surface area contributed by atoms with E-state index < -0.39 is 23.7 Å². The summed E-state index contributed by atoms with van der Waals surface area (Å²) in [5, 5.41) is 11.7. The average Bonchev–Trinajstić information content (AvgIpc) is 3.54. The molecule has 2 aliphatic heterocycles. The molecule has 1 saturated heterocycles. The number of hydrogen-bond acceptors (Lipinski definition) is 8. The van der Waals surface area contributed by atoms with Crippen molar-refractivity contribution in [1.82, 2.24) is 4.98 Å². The number of ketones is 1. The largest absolute Gasteiger partial charge is 0.507 e. The predicted octanol–water partition coefficient (Wildman–Crippen LogP) is 5.49. The molecule has 0 spiro atoms. The number of fused-ring (bicyclic) bond motifs is 1. The van der Waals surface area contributed by atoms with E-state index in [1.807, 2.05) is 31.2 Å². The van der Waals surface area contributed by atoms with Crippen LogP contribution in [0.2, 0.25) is 0 Å². The second-order valence-corrected chi connectivity index (χ2v) is 11.9. The summed E-state index contributed by atoms with van der Waals surface area (Å²) in [6, 6.07) is 11.9. The monoisotopic (exact) mass is 546 g/mol. The smallest absolute Gasteiger partial charge is 0.350 e. The van der Waals surface area contributed by atoms with Crippen molar-refractivity contribution in [2.75, 3.05) is 12.0 Å². The minimum atomic E-state index is -0.946. The molecule has 1 fully saturated rings. The van der Waals surface area contributed by atoms with Crippen LogP contribution in [0.15, 0.2) is 48.0 Å². The number of amides is 1. The number of aliphatic hydroxyl groups excluding tert-OH is 1. The maximum Gasteiger partial charge on any atom is 0.350 e. The summed E-state index contributed by atoms with van der Waals surface area (Å²) in [6.45, 7) is 9.89. The van der Waals surface area contributed by atoms with E-state index in [9.17, 15) is 19.5 Å². The molecule has 202 valence electrons. The molecule has 8 nitrogen and oxygen atoms in total. The molecule has 0 aliphatic carbocycles. The maximum atomic E-state index is 13.5. The zero-order chi connectivity index (χ0) is 28.2. The molecule has 2 atom stereocenters. The Kier molecular flexibility index (Phi) is 6.58. The van der Waals surface area contributed by atoms with Crippen LogP contribution in [0.5, 0.6) is 5.75 Å². The van der Waals surface area contributed by atoms with E-state index in [1.54, 1.807) is 25.1 Å². The first-order valence-corrected chi connectivity index (χ1v) is 13.5. The molecule has 9 heteroatoms. The third-order valence-electron chi connectivity index (χ3n) is 7.07. The zero-order valence-corrected chi connectivity index (χ0v) is 23.5. The number of thiazole rings is 1. The normalized spacial score (nSPS) is 20.2. The van der Waals surface area contributed by atoms with Crippen molar-refractivity contribution < 1.29 is 29.0 Å². The number of esters is 1. The number of aliphatic hydroxyl groups is 1. The molecule has 2 aliphatic rings. The van der Waals surface area contributed by atoms with Crippen molar-refractivity contribution in [1.29, 1.82) is 0 Å². The van der Waals surface area contributed by atoms with Gasteiger partial charge in [-0.05, 0) is 54.2 Å². The minimum Gasteiger partial charge on any atom is -0.507 e. The zero-order valence-electron chi connectivity index (χ0n) is 22.7. The van der Waals surface area contributed by atoms with Crippen LogP contribution in [-0.4, -0.2) is 41.0 Å². The highest BCUT2D eigenvalue weighted by Gasteiger charge is 2.48. The Morgan fingerprint density at radius 3 is 2.49 bits per heavy atom. The van der Waals surface area contributed by atoms with Gasteiger partial charge in [-0.3, -0.25) is 14.5 Å². The van der Waals surface area contributed by atoms with Gasteiger partial charge in [-0.25, -0.2) is 9.78 Å². The number of ether oxygens (including phenoxy) is 2. The first kappa shape index (κ1) is 26.6. The summed E-state index contributed by atoms with van der Waals surface area (Å²) in [5.41, 5.74) is 3.30. The highest BCUT2D eigenvalue weighted by atomic mass is 32.1. The van der Waals surface area contributed by atoms with E-state index in [4.69, 9.17) is 9.47 Å². The Hall–Kier alpha value is -3.98. The number of aryl methyl sites for hydroxylation is 1. The highest BCUT2D eigenvalue weighted by Crippen LogP contribution is 2.45. The van der Waals surface area contributed by atoms with Crippen molar-refractivity contribution in [2.24, 2.45) is 0 Å². The minimum absolute atomic E-state index is 0.0152. The quantitative estimate of drug-likeness (QED) is 0.200. The molecule has 1 aromatic heterocycles. The third kappa shape index (κ3) is 4.61. The number of Topliss-reactive ketones (excluding diaryl/α,β-unsaturated/α-hetero) is 1. The van der Waals surface area contributed by atoms with Gasteiger partial charge in [0.05, 0.1) is 24.4 Å². The van der Waals surface area contributed by atoms with Gasteiger partial charge in [0.25, 0.3) is 5.78 Å². The molecule has 1 N–H and O–H groups in total. The van der Waals surface area contributed by atoms with Crippen molar-refractivity contribution in [2.45, 2.75) is 58.6 Å². The van der Waals surface area contributed by atoms with E-state index in [2.05, 4.69) is 25.8 Å². The number of anilines is 1. The SMILES string of the molecule is COC(=O)c1sc(N2C(=O)C(=O)C(=C(O)c3ccc4c(c3)CC(C)O4)C2c2ccc(C(C)(C)C)cc2)nc1C. The van der Waals surface area contributed by atoms with Gasteiger partial charge in [-0.15, -0.1) is 0 Å². The number of rotatable bonds is 4. The molecular formula is C30H30N2O6S. The van der Waals surface area contributed by atoms with Crippen molar-refractivity contribution in [3.63, 3.8) is 0 Å². The predicted molar refractivity (Wildman–Crippen MR) is 148 cm³/mol. The van der Waals surface area contributed by atoms with Gasteiger partial charge in [0.2, 0.25) is 0 Å². The molecule has 2 aromatic carbocycles. The molecule has 2 unspecified atom stereocenters. The van der Waals surface area contributed by atoms with Crippen LogP contribution in [0.3, 0.4) is 0 Å². The van der Waals surface area contributed by atoms with Gasteiger partial charge in [0.15, 0.2) is 5.13 Å². The van der Waals surface area contributed by atoms with Gasteiger partial charge >= 0.3 is 11.9 Å². The number of methoxy groups -OCH3 is 1. The molecule has 3 heterocycles. The van der Waals surface area contributed by atoms with E-state index in [1.165, 1.54) is 12.0 Å². The van der Waals surface area contributed by atoms with E-state index in [0.717, 1.165) is 28.2 Å². The highest BCUT2D eigenvalue weighted by molar-refractivity contribution is 7.17. The summed E-state index contributed by atoms with van der Waals surface area (Å²) >= 11 is 0.974. The average molecular weight is 547 g/mol. The number of aromatic nitrogens is 1. The first-order chi connectivity index (χ1) is 18.4. The summed E-state index contributed by atoms with van der Waals surface area (Å²) in [4.78, 5) is 45.3. The molecule has 39 heavy (non-hydrogen) atoms. The second-order valence-electron chi connectivity index (χ2n) is 10.9. The van der Waals surface area contributed by atoms with Gasteiger partial charge in [-0.1, -0.05) is 56.4 Å². The topological polar surface area (TPSA) is 106 Å². The third-order valence-corrected chi connectivity index (χ3v) is 8.21. The summed E-state index contributed by atoms with van der Waals surface area (Å²) in [5.74, 6) is -1.76. The molecule has 1 amide bonds. The fourth-order valence-electron chi connectivity index (χ4n) is 5.00. The Morgan fingerprint density at radius 1 is 1.15 bits per heavy atom. The van der Waals surface area contributed by atoms with Crippen molar-refractivity contribution in [3.05, 3.63) is 80.9 Å². The molecule has 0 saturated carbocycles. The first-order valence-electron chi connectivity index (χ1n) is 12.7. The number of hydrogen-bond donors (Lipinski definition) is 1. The lowest BCUT2D eigenvalue weighted by molar-refractivity contribution is -0.132. The van der Waals surface area contributed by atoms with E-state index >= 15 is 0 Å². The fourth-order valence-corrected chi connectivity index (χ4v) is 6.01. The van der Waals surface area contributed by atoms with Crippen LogP contribution in [0.1, 0.15) is 71.4 Å². The number of benzene rings is 2. The lowest BCUT2D eigenvalue weighted by atomic mass is 9.85. The number of carbonyl (C=O) groups is 3. The molecule has 5 rings (SSSR count). The van der Waals surface area contributed by atoms with Gasteiger partial charge < -0.3 is 14.6 Å². The number of carbonyl (C=O) groups excluding carboxylic acids is 3. The van der Waals surface area contributed by atoms with Crippen molar-refractivity contribution in [3.8, 4) is 5.75 Å².